The van der Waals surface area contributed by atoms with Crippen molar-refractivity contribution in [3.8, 4) is 0 Å². The first kappa shape index (κ1) is 11.2. The molecule has 0 aromatic heterocycles. The van der Waals surface area contributed by atoms with Crippen molar-refractivity contribution in [1.29, 1.82) is 0 Å². The first-order chi connectivity index (χ1) is 5.57. The molecule has 12 heavy (non-hydrogen) atoms. The summed E-state index contributed by atoms with van der Waals surface area (Å²) in [5, 5.41) is 18.4. The van der Waals surface area contributed by atoms with E-state index in [2.05, 4.69) is 5.32 Å². The number of likely N-dealkylation sites (N-methyl/N-ethyl adjacent to an activating group) is 1. The fraction of sp³-hybridized carbons (Fsp3) is 0.667. The molecule has 0 radical (unpaired) electrons. The van der Waals surface area contributed by atoms with Gasteiger partial charge in [0.2, 0.25) is 0 Å². The number of thioether (sulfide) groups is 1. The van der Waals surface area contributed by atoms with Crippen LogP contribution in [0.5, 0.6) is 0 Å². The summed E-state index contributed by atoms with van der Waals surface area (Å²) in [6.45, 7) is 2.28. The Hall–Kier alpha value is -0.750. The quantitative estimate of drug-likeness (QED) is 0.588. The number of aliphatic carboxylic acids is 1. The van der Waals surface area contributed by atoms with Crippen LogP contribution in [0.2, 0.25) is 0 Å². The molecule has 0 aliphatic carbocycles. The average molecular weight is 193 g/mol. The molecule has 0 rings (SSSR count). The number of carboxylic acids is 1. The second kappa shape index (κ2) is 5.84. The summed E-state index contributed by atoms with van der Waals surface area (Å²) in [4.78, 5) is 20.5. The van der Waals surface area contributed by atoms with Gasteiger partial charge in [-0.2, -0.15) is 0 Å². The minimum atomic E-state index is -1.06. The number of hydrogen-bond acceptors (Lipinski definition) is 4. The van der Waals surface area contributed by atoms with Gasteiger partial charge < -0.3 is 15.5 Å². The predicted molar refractivity (Wildman–Crippen MR) is 45.6 cm³/mol. The third-order valence-corrected chi connectivity index (χ3v) is 1.87. The van der Waals surface area contributed by atoms with Gasteiger partial charge in [-0.1, -0.05) is 6.92 Å². The fourth-order valence-electron chi connectivity index (χ4n) is 0.619. The summed E-state index contributed by atoms with van der Waals surface area (Å²) in [7, 11) is 0. The van der Waals surface area contributed by atoms with Crippen LogP contribution in [-0.4, -0.2) is 39.8 Å². The van der Waals surface area contributed by atoms with Gasteiger partial charge in [0.15, 0.2) is 0 Å². The number of carbonyl (C=O) groups is 2. The van der Waals surface area contributed by atoms with Gasteiger partial charge in [-0.25, -0.2) is 4.79 Å². The van der Waals surface area contributed by atoms with Crippen LogP contribution in [0.3, 0.4) is 0 Å². The minimum Gasteiger partial charge on any atom is -0.480 e. The van der Waals surface area contributed by atoms with Gasteiger partial charge >= 0.3 is 11.3 Å². The van der Waals surface area contributed by atoms with Gasteiger partial charge in [-0.15, -0.1) is 0 Å². The first-order valence-corrected chi connectivity index (χ1v) is 4.38. The second-order valence-electron chi connectivity index (χ2n) is 2.03. The summed E-state index contributed by atoms with van der Waals surface area (Å²) < 4.78 is 0. The summed E-state index contributed by atoms with van der Waals surface area (Å²) in [5.41, 5.74) is 0. The van der Waals surface area contributed by atoms with Crippen molar-refractivity contribution < 1.29 is 19.8 Å². The fourth-order valence-corrected chi connectivity index (χ4v) is 1.19. The van der Waals surface area contributed by atoms with E-state index in [0.717, 1.165) is 0 Å². The maximum absolute atomic E-state index is 10.4. The van der Waals surface area contributed by atoms with Crippen LogP contribution in [0, 0.1) is 0 Å². The van der Waals surface area contributed by atoms with E-state index >= 15 is 0 Å². The van der Waals surface area contributed by atoms with E-state index in [4.69, 9.17) is 10.2 Å². The Morgan fingerprint density at radius 1 is 1.50 bits per heavy atom. The number of hydrogen-bond donors (Lipinski definition) is 3. The Balaban J connectivity index is 3.79. The minimum absolute atomic E-state index is 0.0402. The van der Waals surface area contributed by atoms with Crippen molar-refractivity contribution in [2.75, 3.05) is 12.3 Å². The molecule has 0 bridgehead atoms. The molecule has 0 fully saturated rings. The monoisotopic (exact) mass is 193 g/mol. The van der Waals surface area contributed by atoms with Crippen molar-refractivity contribution in [3.05, 3.63) is 0 Å². The molecule has 1 atom stereocenters. The van der Waals surface area contributed by atoms with E-state index in [-0.39, 0.29) is 5.75 Å². The lowest BCUT2D eigenvalue weighted by Crippen LogP contribution is -2.38. The third kappa shape index (κ3) is 4.97. The van der Waals surface area contributed by atoms with Crippen molar-refractivity contribution >= 4 is 23.0 Å². The van der Waals surface area contributed by atoms with Crippen LogP contribution in [0.15, 0.2) is 0 Å². The molecule has 0 saturated carbocycles. The Bertz CT molecular complexity index is 173. The van der Waals surface area contributed by atoms with E-state index in [1.165, 1.54) is 0 Å². The van der Waals surface area contributed by atoms with E-state index in [1.54, 1.807) is 6.92 Å². The maximum atomic E-state index is 10.4. The molecule has 0 spiro atoms. The molecule has 3 N–H and O–H groups in total. The highest BCUT2D eigenvalue weighted by Crippen LogP contribution is 2.03. The Kier molecular flexibility index (Phi) is 5.48. The summed E-state index contributed by atoms with van der Waals surface area (Å²) in [5.74, 6) is -0.982. The summed E-state index contributed by atoms with van der Waals surface area (Å²) >= 11 is 0.581. The lowest BCUT2D eigenvalue weighted by atomic mass is 10.3. The molecule has 0 unspecified atom stereocenters. The van der Waals surface area contributed by atoms with Crippen LogP contribution >= 0.6 is 11.8 Å². The van der Waals surface area contributed by atoms with Crippen LogP contribution in [0.25, 0.3) is 0 Å². The van der Waals surface area contributed by atoms with E-state index < -0.39 is 17.3 Å². The second-order valence-corrected chi connectivity index (χ2v) is 3.00. The zero-order valence-electron chi connectivity index (χ0n) is 6.61. The standard InChI is InChI=1S/C6H11NO4S/c1-2-7-4(5(8)9)3-12-6(10)11/h4,7H,2-3H2,1H3,(H,8,9)(H,10,11)/t4-/m0/s1. The van der Waals surface area contributed by atoms with Crippen LogP contribution < -0.4 is 5.32 Å². The third-order valence-electron chi connectivity index (χ3n) is 1.12. The first-order valence-electron chi connectivity index (χ1n) is 3.39. The molecule has 70 valence electrons. The molecule has 5 nitrogen and oxygen atoms in total. The highest BCUT2D eigenvalue weighted by atomic mass is 32.2. The van der Waals surface area contributed by atoms with Crippen molar-refractivity contribution in [2.24, 2.45) is 0 Å². The SMILES string of the molecule is CCN[C@@H](CSC(=O)O)C(=O)O. The lowest BCUT2D eigenvalue weighted by Gasteiger charge is -2.10. The summed E-state index contributed by atoms with van der Waals surface area (Å²) in [6, 6.07) is -0.781. The number of carboxylic acid groups (broad SMARTS) is 2. The van der Waals surface area contributed by atoms with Crippen molar-refractivity contribution in [2.45, 2.75) is 13.0 Å². The van der Waals surface area contributed by atoms with Crippen LogP contribution in [-0.2, 0) is 4.79 Å². The maximum Gasteiger partial charge on any atom is 0.364 e. The molecule has 0 amide bonds. The Labute approximate surface area is 74.1 Å². The average Bonchev–Trinajstić information content (AvgIpc) is 1.96. The van der Waals surface area contributed by atoms with Gasteiger partial charge in [-0.05, 0) is 18.3 Å². The molecular weight excluding hydrogens is 182 g/mol. The summed E-state index contributed by atoms with van der Waals surface area (Å²) in [6.07, 6.45) is 0. The molecule has 0 aromatic rings. The topological polar surface area (TPSA) is 86.6 Å². The normalized spacial score (nSPS) is 12.4. The smallest absolute Gasteiger partial charge is 0.364 e. The van der Waals surface area contributed by atoms with Crippen molar-refractivity contribution in [1.82, 2.24) is 5.32 Å². The predicted octanol–water partition coefficient (Wildman–Crippen LogP) is 0.460. The van der Waals surface area contributed by atoms with Crippen LogP contribution in [0.1, 0.15) is 6.92 Å². The Morgan fingerprint density at radius 2 is 2.08 bits per heavy atom. The van der Waals surface area contributed by atoms with Gasteiger partial charge in [0.25, 0.3) is 0 Å². The van der Waals surface area contributed by atoms with Gasteiger partial charge in [0.05, 0.1) is 0 Å². The Morgan fingerprint density at radius 3 is 2.42 bits per heavy atom. The number of rotatable bonds is 5. The van der Waals surface area contributed by atoms with Gasteiger partial charge in [0, 0.05) is 5.75 Å². The largest absolute Gasteiger partial charge is 0.480 e. The molecule has 0 saturated heterocycles. The van der Waals surface area contributed by atoms with E-state index in [1.807, 2.05) is 0 Å². The van der Waals surface area contributed by atoms with Crippen molar-refractivity contribution in [3.63, 3.8) is 0 Å². The molecule has 0 aromatic carbocycles. The number of nitrogens with one attached hydrogen (secondary N) is 1. The lowest BCUT2D eigenvalue weighted by molar-refractivity contribution is -0.138. The molecule has 0 aliphatic rings. The van der Waals surface area contributed by atoms with Crippen LogP contribution in [0.4, 0.5) is 4.79 Å². The molecular formula is C6H11NO4S. The van der Waals surface area contributed by atoms with E-state index in [0.29, 0.717) is 18.3 Å². The van der Waals surface area contributed by atoms with E-state index in [9.17, 15) is 9.59 Å². The molecule has 6 heteroatoms. The zero-order valence-corrected chi connectivity index (χ0v) is 7.43. The van der Waals surface area contributed by atoms with Gasteiger partial charge in [0.1, 0.15) is 6.04 Å². The van der Waals surface area contributed by atoms with Gasteiger partial charge in [-0.3, -0.25) is 4.79 Å². The highest BCUT2D eigenvalue weighted by Gasteiger charge is 2.17. The highest BCUT2D eigenvalue weighted by molar-refractivity contribution is 8.13. The molecule has 0 aliphatic heterocycles. The molecule has 0 heterocycles. The zero-order chi connectivity index (χ0) is 9.56.